The lowest BCUT2D eigenvalue weighted by Crippen LogP contribution is -2.13. The van der Waals surface area contributed by atoms with Crippen LogP contribution in [0.5, 0.6) is 11.5 Å². The highest BCUT2D eigenvalue weighted by Gasteiger charge is 2.11. The fourth-order valence-corrected chi connectivity index (χ4v) is 2.11. The summed E-state index contributed by atoms with van der Waals surface area (Å²) in [5.74, 6) is -0.303. The molecule has 20 heavy (non-hydrogen) atoms. The molecule has 0 aliphatic carbocycles. The number of hydrogen-bond acceptors (Lipinski definition) is 4. The molecule has 0 fully saturated rings. The zero-order valence-electron chi connectivity index (χ0n) is 12.0. The third kappa shape index (κ3) is 6.06. The molecule has 0 aromatic heterocycles. The highest BCUT2D eigenvalue weighted by Crippen LogP contribution is 2.25. The molecule has 1 aromatic carbocycles. The van der Waals surface area contributed by atoms with Gasteiger partial charge in [0.2, 0.25) is 0 Å². The number of aromatic hydroxyl groups is 2. The first-order valence-corrected chi connectivity index (χ1v) is 7.23. The van der Waals surface area contributed by atoms with Crippen LogP contribution in [0.2, 0.25) is 0 Å². The minimum absolute atomic E-state index is 0.0292. The lowest BCUT2D eigenvalue weighted by molar-refractivity contribution is -0.121. The molecule has 0 spiro atoms. The van der Waals surface area contributed by atoms with E-state index in [1.807, 2.05) is 0 Å². The summed E-state index contributed by atoms with van der Waals surface area (Å²) >= 11 is 0. The van der Waals surface area contributed by atoms with Gasteiger partial charge in [-0.05, 0) is 30.5 Å². The van der Waals surface area contributed by atoms with E-state index in [1.165, 1.54) is 12.1 Å². The van der Waals surface area contributed by atoms with Gasteiger partial charge in [-0.15, -0.1) is 0 Å². The van der Waals surface area contributed by atoms with Crippen LogP contribution in [-0.4, -0.2) is 27.2 Å². The first-order valence-electron chi connectivity index (χ1n) is 7.23. The predicted molar refractivity (Wildman–Crippen MR) is 77.9 cm³/mol. The van der Waals surface area contributed by atoms with Crippen molar-refractivity contribution in [3.05, 3.63) is 23.8 Å². The Hall–Kier alpha value is -1.55. The Balaban J connectivity index is 2.30. The number of carbonyl (C=O) groups is 1. The highest BCUT2D eigenvalue weighted by atomic mass is 16.3. The second kappa shape index (κ2) is 8.59. The van der Waals surface area contributed by atoms with Gasteiger partial charge in [-0.1, -0.05) is 32.3 Å². The summed E-state index contributed by atoms with van der Waals surface area (Å²) in [5, 5.41) is 28.3. The number of ketones is 1. The molecular formula is C16H24O4. The first-order chi connectivity index (χ1) is 9.52. The maximum absolute atomic E-state index is 11.7. The van der Waals surface area contributed by atoms with Crippen LogP contribution in [0, 0.1) is 0 Å². The van der Waals surface area contributed by atoms with Gasteiger partial charge in [0.05, 0.1) is 6.10 Å². The van der Waals surface area contributed by atoms with Crippen LogP contribution in [0.1, 0.15) is 51.0 Å². The quantitative estimate of drug-likeness (QED) is 0.480. The van der Waals surface area contributed by atoms with Gasteiger partial charge in [-0.25, -0.2) is 0 Å². The maximum Gasteiger partial charge on any atom is 0.157 e. The molecule has 4 nitrogen and oxygen atoms in total. The monoisotopic (exact) mass is 280 g/mol. The van der Waals surface area contributed by atoms with Crippen LogP contribution >= 0.6 is 0 Å². The second-order valence-electron chi connectivity index (χ2n) is 5.22. The molecule has 0 bridgehead atoms. The summed E-state index contributed by atoms with van der Waals surface area (Å²) in [6.07, 6.45) is 4.33. The smallest absolute Gasteiger partial charge is 0.157 e. The number of phenols is 2. The number of aliphatic hydroxyl groups is 1. The zero-order chi connectivity index (χ0) is 15.0. The fourth-order valence-electron chi connectivity index (χ4n) is 2.11. The summed E-state index contributed by atoms with van der Waals surface area (Å²) in [6, 6.07) is 4.55. The minimum atomic E-state index is -0.540. The van der Waals surface area contributed by atoms with Crippen LogP contribution in [0.3, 0.4) is 0 Å². The molecule has 3 N–H and O–H groups in total. The van der Waals surface area contributed by atoms with E-state index in [-0.39, 0.29) is 23.7 Å². The average molecular weight is 280 g/mol. The normalized spacial score (nSPS) is 12.3. The number of aliphatic hydroxyl groups excluding tert-OH is 1. The van der Waals surface area contributed by atoms with Crippen LogP contribution < -0.4 is 0 Å². The molecule has 1 rings (SSSR count). The van der Waals surface area contributed by atoms with Gasteiger partial charge < -0.3 is 15.3 Å². The molecular weight excluding hydrogens is 256 g/mol. The lowest BCUT2D eigenvalue weighted by atomic mass is 10.0. The van der Waals surface area contributed by atoms with Gasteiger partial charge in [0.1, 0.15) is 5.78 Å². The molecule has 112 valence electrons. The van der Waals surface area contributed by atoms with Crippen molar-refractivity contribution >= 4 is 5.78 Å². The summed E-state index contributed by atoms with van der Waals surface area (Å²) < 4.78 is 0. The van der Waals surface area contributed by atoms with E-state index < -0.39 is 6.10 Å². The summed E-state index contributed by atoms with van der Waals surface area (Å²) in [4.78, 5) is 11.7. The van der Waals surface area contributed by atoms with Crippen LogP contribution in [0.4, 0.5) is 0 Å². The first kappa shape index (κ1) is 16.5. The van der Waals surface area contributed by atoms with E-state index in [9.17, 15) is 20.1 Å². The van der Waals surface area contributed by atoms with Crippen molar-refractivity contribution in [1.29, 1.82) is 0 Å². The van der Waals surface area contributed by atoms with Crippen molar-refractivity contribution in [3.63, 3.8) is 0 Å². The van der Waals surface area contributed by atoms with Crippen LogP contribution in [0.15, 0.2) is 18.2 Å². The van der Waals surface area contributed by atoms with Crippen molar-refractivity contribution < 1.29 is 20.1 Å². The molecule has 0 heterocycles. The van der Waals surface area contributed by atoms with E-state index in [0.717, 1.165) is 24.8 Å². The standard InChI is InChI=1S/C16H24O4/c1-2-3-4-5-13(17)11-14(18)8-6-12-7-9-15(19)16(20)10-12/h7,9-10,13,17,19-20H,2-6,8,11H2,1H3. The minimum Gasteiger partial charge on any atom is -0.504 e. The van der Waals surface area contributed by atoms with Gasteiger partial charge in [0.25, 0.3) is 0 Å². The molecule has 0 amide bonds. The Morgan fingerprint density at radius 1 is 1.20 bits per heavy atom. The number of unbranched alkanes of at least 4 members (excludes halogenated alkanes) is 2. The summed E-state index contributed by atoms with van der Waals surface area (Å²) in [5.41, 5.74) is 0.800. The number of carbonyl (C=O) groups excluding carboxylic acids is 1. The summed E-state index contributed by atoms with van der Waals surface area (Å²) in [7, 11) is 0. The predicted octanol–water partition coefficient (Wildman–Crippen LogP) is 2.93. The van der Waals surface area contributed by atoms with E-state index in [4.69, 9.17) is 0 Å². The highest BCUT2D eigenvalue weighted by molar-refractivity contribution is 5.79. The van der Waals surface area contributed by atoms with Crippen molar-refractivity contribution in [1.82, 2.24) is 0 Å². The number of Topliss-reactive ketones (excluding diaryl/α,β-unsaturated/α-hetero) is 1. The number of phenolic OH excluding ortho intramolecular Hbond substituents is 2. The third-order valence-electron chi connectivity index (χ3n) is 3.34. The van der Waals surface area contributed by atoms with Gasteiger partial charge in [-0.2, -0.15) is 0 Å². The molecule has 0 saturated carbocycles. The zero-order valence-corrected chi connectivity index (χ0v) is 12.0. The number of rotatable bonds is 9. The molecule has 0 saturated heterocycles. The van der Waals surface area contributed by atoms with Crippen molar-refractivity contribution in [3.8, 4) is 11.5 Å². The Morgan fingerprint density at radius 2 is 1.95 bits per heavy atom. The maximum atomic E-state index is 11.7. The number of aryl methyl sites for hydroxylation is 1. The molecule has 1 aromatic rings. The van der Waals surface area contributed by atoms with Crippen LogP contribution in [0.25, 0.3) is 0 Å². The number of hydrogen-bond donors (Lipinski definition) is 3. The van der Waals surface area contributed by atoms with E-state index in [2.05, 4.69) is 6.92 Å². The van der Waals surface area contributed by atoms with Gasteiger partial charge in [0.15, 0.2) is 11.5 Å². The van der Waals surface area contributed by atoms with Crippen molar-refractivity contribution in [2.45, 2.75) is 58.0 Å². The summed E-state index contributed by atoms with van der Waals surface area (Å²) in [6.45, 7) is 2.10. The van der Waals surface area contributed by atoms with E-state index in [1.54, 1.807) is 6.07 Å². The molecule has 1 unspecified atom stereocenters. The Kier molecular flexibility index (Phi) is 7.09. The number of benzene rings is 1. The molecule has 0 aliphatic heterocycles. The fraction of sp³-hybridized carbons (Fsp3) is 0.562. The van der Waals surface area contributed by atoms with Crippen LogP contribution in [-0.2, 0) is 11.2 Å². The van der Waals surface area contributed by atoms with Gasteiger partial charge in [-0.3, -0.25) is 4.79 Å². The van der Waals surface area contributed by atoms with Crippen molar-refractivity contribution in [2.75, 3.05) is 0 Å². The lowest BCUT2D eigenvalue weighted by Gasteiger charge is -2.09. The molecule has 0 aliphatic rings. The third-order valence-corrected chi connectivity index (χ3v) is 3.34. The largest absolute Gasteiger partial charge is 0.504 e. The second-order valence-corrected chi connectivity index (χ2v) is 5.22. The Morgan fingerprint density at radius 3 is 2.60 bits per heavy atom. The molecule has 4 heteroatoms. The molecule has 1 atom stereocenters. The molecule has 0 radical (unpaired) electrons. The Labute approximate surface area is 120 Å². The Bertz CT molecular complexity index is 428. The SMILES string of the molecule is CCCCCC(O)CC(=O)CCc1ccc(O)c(O)c1. The van der Waals surface area contributed by atoms with Crippen molar-refractivity contribution in [2.24, 2.45) is 0 Å². The van der Waals surface area contributed by atoms with E-state index in [0.29, 0.717) is 19.3 Å². The van der Waals surface area contributed by atoms with Gasteiger partial charge in [0, 0.05) is 12.8 Å². The topological polar surface area (TPSA) is 77.8 Å². The average Bonchev–Trinajstić information content (AvgIpc) is 2.40. The van der Waals surface area contributed by atoms with E-state index >= 15 is 0 Å². The van der Waals surface area contributed by atoms with Gasteiger partial charge >= 0.3 is 0 Å².